The van der Waals surface area contributed by atoms with Gasteiger partial charge >= 0.3 is 6.36 Å². The van der Waals surface area contributed by atoms with Crippen molar-refractivity contribution in [3.8, 4) is 16.2 Å². The fourth-order valence-electron chi connectivity index (χ4n) is 1.83. The van der Waals surface area contributed by atoms with Gasteiger partial charge in [-0.05, 0) is 35.9 Å². The molecule has 3 aromatic rings. The number of thiophene rings is 1. The Labute approximate surface area is 119 Å². The lowest BCUT2D eigenvalue weighted by Crippen LogP contribution is -2.16. The summed E-state index contributed by atoms with van der Waals surface area (Å²) in [4.78, 5) is 18.9. The summed E-state index contributed by atoms with van der Waals surface area (Å²) < 4.78 is 40.5. The average Bonchev–Trinajstić information content (AvgIpc) is 2.83. The second-order valence-corrected chi connectivity index (χ2v) is 5.18. The van der Waals surface area contributed by atoms with Crippen molar-refractivity contribution >= 4 is 21.6 Å². The van der Waals surface area contributed by atoms with Gasteiger partial charge in [0, 0.05) is 4.88 Å². The second kappa shape index (κ2) is 4.88. The first-order valence-corrected chi connectivity index (χ1v) is 6.57. The van der Waals surface area contributed by atoms with Crippen molar-refractivity contribution in [2.45, 2.75) is 6.36 Å². The van der Waals surface area contributed by atoms with E-state index >= 15 is 0 Å². The largest absolute Gasteiger partial charge is 0.573 e. The molecule has 0 atom stereocenters. The number of H-pyrrole nitrogens is 1. The molecule has 0 unspecified atom stereocenters. The molecule has 8 heteroatoms. The molecule has 0 aliphatic heterocycles. The second-order valence-electron chi connectivity index (χ2n) is 4.13. The van der Waals surface area contributed by atoms with E-state index in [1.807, 2.05) is 0 Å². The first-order chi connectivity index (χ1) is 9.92. The highest BCUT2D eigenvalue weighted by Crippen LogP contribution is 2.32. The first kappa shape index (κ1) is 13.6. The summed E-state index contributed by atoms with van der Waals surface area (Å²) in [7, 11) is 0. The van der Waals surface area contributed by atoms with Gasteiger partial charge in [-0.1, -0.05) is 0 Å². The van der Waals surface area contributed by atoms with Gasteiger partial charge in [-0.25, -0.2) is 4.98 Å². The fraction of sp³-hybridized carbons (Fsp3) is 0.0769. The van der Waals surface area contributed by atoms with E-state index in [1.54, 1.807) is 6.07 Å². The number of halogens is 3. The van der Waals surface area contributed by atoms with Crippen LogP contribution in [0, 0.1) is 0 Å². The van der Waals surface area contributed by atoms with E-state index in [4.69, 9.17) is 0 Å². The normalized spacial score (nSPS) is 11.8. The topological polar surface area (TPSA) is 55.0 Å². The summed E-state index contributed by atoms with van der Waals surface area (Å²) in [5, 5.41) is 0. The Balaban J connectivity index is 1.96. The molecule has 0 spiro atoms. The van der Waals surface area contributed by atoms with Crippen LogP contribution in [0.4, 0.5) is 13.2 Å². The number of ether oxygens (including phenoxy) is 1. The van der Waals surface area contributed by atoms with Crippen molar-refractivity contribution in [2.75, 3.05) is 0 Å². The lowest BCUT2D eigenvalue weighted by molar-refractivity contribution is -0.274. The van der Waals surface area contributed by atoms with E-state index in [2.05, 4.69) is 14.7 Å². The molecule has 3 rings (SSSR count). The number of aromatic amines is 1. The predicted molar refractivity (Wildman–Crippen MR) is 72.4 cm³/mol. The average molecular weight is 312 g/mol. The van der Waals surface area contributed by atoms with Crippen LogP contribution < -0.4 is 10.3 Å². The van der Waals surface area contributed by atoms with Crippen LogP contribution in [0.25, 0.3) is 20.7 Å². The molecule has 0 amide bonds. The third kappa shape index (κ3) is 2.89. The highest BCUT2D eigenvalue weighted by Gasteiger charge is 2.30. The van der Waals surface area contributed by atoms with Crippen molar-refractivity contribution in [1.82, 2.24) is 9.97 Å². The highest BCUT2D eigenvalue weighted by molar-refractivity contribution is 7.22. The van der Waals surface area contributed by atoms with E-state index < -0.39 is 6.36 Å². The van der Waals surface area contributed by atoms with Gasteiger partial charge in [-0.15, -0.1) is 24.5 Å². The molecule has 0 aliphatic carbocycles. The number of alkyl halides is 3. The lowest BCUT2D eigenvalue weighted by atomic mass is 10.2. The number of hydrogen-bond donors (Lipinski definition) is 1. The van der Waals surface area contributed by atoms with Crippen LogP contribution in [0.15, 0.2) is 41.5 Å². The highest BCUT2D eigenvalue weighted by atomic mass is 32.1. The third-order valence-corrected chi connectivity index (χ3v) is 3.86. The Morgan fingerprint density at radius 2 is 1.90 bits per heavy atom. The number of aromatic nitrogens is 2. The zero-order valence-electron chi connectivity index (χ0n) is 10.3. The number of fused-ring (bicyclic) bond motifs is 1. The van der Waals surface area contributed by atoms with Gasteiger partial charge in [0.15, 0.2) is 0 Å². The van der Waals surface area contributed by atoms with Gasteiger partial charge in [-0.2, -0.15) is 0 Å². The number of nitrogens with zero attached hydrogens (tertiary/aromatic N) is 1. The molecule has 0 saturated carbocycles. The molecule has 2 aromatic heterocycles. The van der Waals surface area contributed by atoms with Crippen molar-refractivity contribution in [1.29, 1.82) is 0 Å². The van der Waals surface area contributed by atoms with Crippen LogP contribution in [0.1, 0.15) is 0 Å². The number of benzene rings is 1. The van der Waals surface area contributed by atoms with Crippen LogP contribution in [0.2, 0.25) is 0 Å². The molecule has 0 saturated heterocycles. The monoisotopic (exact) mass is 312 g/mol. The Morgan fingerprint density at radius 1 is 1.19 bits per heavy atom. The van der Waals surface area contributed by atoms with E-state index in [-0.39, 0.29) is 11.3 Å². The molecule has 2 heterocycles. The minimum Gasteiger partial charge on any atom is -0.406 e. The number of rotatable bonds is 2. The first-order valence-electron chi connectivity index (χ1n) is 5.76. The molecule has 1 aromatic carbocycles. The maximum atomic E-state index is 12.1. The minimum atomic E-state index is -4.71. The van der Waals surface area contributed by atoms with E-state index in [1.165, 1.54) is 41.9 Å². The molecule has 4 nitrogen and oxygen atoms in total. The quantitative estimate of drug-likeness (QED) is 0.787. The summed E-state index contributed by atoms with van der Waals surface area (Å²) >= 11 is 1.23. The lowest BCUT2D eigenvalue weighted by Gasteiger charge is -2.08. The standard InChI is InChI=1S/C13H7F3N2O2S/c14-13(15,16)20-8-3-1-7(2-4-8)10-5-9-11(21-10)12(19)18-6-17-9/h1-6H,(H,17,18,19). The number of nitrogens with one attached hydrogen (secondary N) is 1. The third-order valence-electron chi connectivity index (χ3n) is 2.69. The van der Waals surface area contributed by atoms with E-state index in [0.29, 0.717) is 15.8 Å². The van der Waals surface area contributed by atoms with E-state index in [9.17, 15) is 18.0 Å². The molecule has 108 valence electrons. The van der Waals surface area contributed by atoms with Crippen molar-refractivity contribution in [3.05, 3.63) is 47.0 Å². The van der Waals surface area contributed by atoms with Gasteiger partial charge in [0.1, 0.15) is 10.4 Å². The summed E-state index contributed by atoms with van der Waals surface area (Å²) in [6, 6.07) is 7.17. The summed E-state index contributed by atoms with van der Waals surface area (Å²) in [6.45, 7) is 0. The smallest absolute Gasteiger partial charge is 0.406 e. The molecule has 21 heavy (non-hydrogen) atoms. The molecule has 1 N–H and O–H groups in total. The van der Waals surface area contributed by atoms with Crippen LogP contribution in [-0.2, 0) is 0 Å². The SMILES string of the molecule is O=c1[nH]cnc2cc(-c3ccc(OC(F)(F)F)cc3)sc12. The van der Waals surface area contributed by atoms with Crippen molar-refractivity contribution in [2.24, 2.45) is 0 Å². The van der Waals surface area contributed by atoms with Gasteiger partial charge in [0.05, 0.1) is 11.8 Å². The molecule has 0 aliphatic rings. The minimum absolute atomic E-state index is 0.242. The number of hydrogen-bond acceptors (Lipinski definition) is 4. The zero-order chi connectivity index (χ0) is 15.0. The molecule has 0 bridgehead atoms. The maximum Gasteiger partial charge on any atom is 0.573 e. The van der Waals surface area contributed by atoms with Crippen molar-refractivity contribution < 1.29 is 17.9 Å². The molecular weight excluding hydrogens is 305 g/mol. The Morgan fingerprint density at radius 3 is 2.52 bits per heavy atom. The zero-order valence-corrected chi connectivity index (χ0v) is 11.1. The Hall–Kier alpha value is -2.35. The van der Waals surface area contributed by atoms with Gasteiger partial charge in [0.2, 0.25) is 0 Å². The van der Waals surface area contributed by atoms with Crippen LogP contribution in [0.3, 0.4) is 0 Å². The Kier molecular flexibility index (Phi) is 3.17. The molecule has 0 fully saturated rings. The predicted octanol–water partition coefficient (Wildman–Crippen LogP) is 3.55. The summed E-state index contributed by atoms with van der Waals surface area (Å²) in [5.74, 6) is -0.289. The molecular formula is C13H7F3N2O2S. The van der Waals surface area contributed by atoms with Crippen LogP contribution >= 0.6 is 11.3 Å². The summed E-state index contributed by atoms with van der Waals surface area (Å²) in [6.07, 6.45) is -3.40. The maximum absolute atomic E-state index is 12.1. The summed E-state index contributed by atoms with van der Waals surface area (Å²) in [5.41, 5.74) is 0.995. The van der Waals surface area contributed by atoms with Gasteiger partial charge < -0.3 is 9.72 Å². The fourth-order valence-corrected chi connectivity index (χ4v) is 2.84. The van der Waals surface area contributed by atoms with Crippen LogP contribution in [0.5, 0.6) is 5.75 Å². The molecule has 0 radical (unpaired) electrons. The van der Waals surface area contributed by atoms with Crippen molar-refractivity contribution in [3.63, 3.8) is 0 Å². The van der Waals surface area contributed by atoms with Crippen LogP contribution in [-0.4, -0.2) is 16.3 Å². The Bertz CT molecular complexity index is 837. The van der Waals surface area contributed by atoms with E-state index in [0.717, 1.165) is 4.88 Å². The van der Waals surface area contributed by atoms with Gasteiger partial charge in [-0.3, -0.25) is 4.79 Å². The van der Waals surface area contributed by atoms with Gasteiger partial charge in [0.25, 0.3) is 5.56 Å².